The Bertz CT molecular complexity index is 1160. The Kier molecular flexibility index (Phi) is 7.63. The van der Waals surface area contributed by atoms with Crippen LogP contribution < -0.4 is 15.8 Å². The van der Waals surface area contributed by atoms with E-state index in [-0.39, 0.29) is 35.7 Å². The van der Waals surface area contributed by atoms with Gasteiger partial charge in [0.2, 0.25) is 5.91 Å². The molecule has 0 saturated carbocycles. The lowest BCUT2D eigenvalue weighted by molar-refractivity contribution is -0.132. The molecule has 3 aromatic rings. The van der Waals surface area contributed by atoms with Crippen molar-refractivity contribution in [3.05, 3.63) is 101 Å². The molecule has 194 valence electrons. The van der Waals surface area contributed by atoms with E-state index in [1.165, 1.54) is 16.7 Å². The summed E-state index contributed by atoms with van der Waals surface area (Å²) in [4.78, 5) is 15.1. The van der Waals surface area contributed by atoms with Crippen LogP contribution in [-0.4, -0.2) is 43.1 Å². The number of nitrogens with two attached hydrogens (primary N) is 1. The van der Waals surface area contributed by atoms with Gasteiger partial charge in [-0.25, -0.2) is 0 Å². The van der Waals surface area contributed by atoms with Gasteiger partial charge in [-0.1, -0.05) is 86.6 Å². The molecule has 1 unspecified atom stereocenters. The number of ether oxygens (including phenoxy) is 1. The number of nitrogens with zero attached hydrogens (tertiary/aromatic N) is 1. The number of hydrogen-bond acceptors (Lipinski definition) is 4. The summed E-state index contributed by atoms with van der Waals surface area (Å²) in [6, 6.07) is 28.4. The normalized spacial score (nSPS) is 24.9. The standard InChI is InChI=1S/C32H39N3O2/c1-21(2)24-14-15-28(37-3)25(18-24)19-34-30-26-16-17-35(20-27(26)32(33)36)31(30)29(22-10-6-4-7-11-22)23-12-8-5-9-13-23/h4-15,18,21,26-27,29-31,34H,16-17,19-20H2,1-3H3,(H2,33,36)/t26-,27-,30-,31-/m1/s1. The Hall–Kier alpha value is -3.15. The fourth-order valence-electron chi connectivity index (χ4n) is 6.60. The molecule has 0 aliphatic carbocycles. The van der Waals surface area contributed by atoms with Gasteiger partial charge in [-0.2, -0.15) is 0 Å². The Labute approximate surface area is 221 Å². The molecule has 0 radical (unpaired) electrons. The number of primary amides is 1. The maximum absolute atomic E-state index is 12.5. The third kappa shape index (κ3) is 5.16. The molecule has 1 amide bonds. The van der Waals surface area contributed by atoms with Crippen LogP contribution in [-0.2, 0) is 11.3 Å². The van der Waals surface area contributed by atoms with Crippen molar-refractivity contribution in [2.24, 2.45) is 17.6 Å². The zero-order valence-corrected chi connectivity index (χ0v) is 22.1. The molecule has 0 aromatic heterocycles. The molecule has 3 aliphatic rings. The van der Waals surface area contributed by atoms with Gasteiger partial charge in [0, 0.05) is 36.7 Å². The van der Waals surface area contributed by atoms with Crippen molar-refractivity contribution >= 4 is 5.91 Å². The number of hydrogen-bond donors (Lipinski definition) is 2. The van der Waals surface area contributed by atoms with Gasteiger partial charge in [0.15, 0.2) is 0 Å². The number of benzene rings is 3. The van der Waals surface area contributed by atoms with Crippen molar-refractivity contribution in [3.8, 4) is 5.75 Å². The largest absolute Gasteiger partial charge is 0.496 e. The van der Waals surface area contributed by atoms with Crippen molar-refractivity contribution < 1.29 is 9.53 Å². The molecule has 5 atom stereocenters. The lowest BCUT2D eigenvalue weighted by atomic mass is 9.66. The van der Waals surface area contributed by atoms with Crippen LogP contribution in [0.2, 0.25) is 0 Å². The summed E-state index contributed by atoms with van der Waals surface area (Å²) in [5.74, 6) is 1.38. The summed E-state index contributed by atoms with van der Waals surface area (Å²) >= 11 is 0. The van der Waals surface area contributed by atoms with Gasteiger partial charge in [0.05, 0.1) is 13.0 Å². The molecule has 3 aliphatic heterocycles. The average Bonchev–Trinajstić information content (AvgIpc) is 2.93. The molecule has 5 heteroatoms. The fourth-order valence-corrected chi connectivity index (χ4v) is 6.60. The number of rotatable bonds is 9. The fraction of sp³-hybridized carbons (Fsp3) is 0.406. The van der Waals surface area contributed by atoms with E-state index in [9.17, 15) is 4.79 Å². The van der Waals surface area contributed by atoms with Crippen molar-refractivity contribution in [3.63, 3.8) is 0 Å². The minimum absolute atomic E-state index is 0.109. The molecule has 3 heterocycles. The Morgan fingerprint density at radius 3 is 2.22 bits per heavy atom. The quantitative estimate of drug-likeness (QED) is 0.441. The van der Waals surface area contributed by atoms with Crippen molar-refractivity contribution in [2.45, 2.75) is 50.7 Å². The monoisotopic (exact) mass is 497 g/mol. The van der Waals surface area contributed by atoms with E-state index in [1.807, 2.05) is 0 Å². The summed E-state index contributed by atoms with van der Waals surface area (Å²) in [7, 11) is 1.73. The molecule has 2 bridgehead atoms. The van der Waals surface area contributed by atoms with Crippen molar-refractivity contribution in [1.82, 2.24) is 10.2 Å². The van der Waals surface area contributed by atoms with Gasteiger partial charge in [-0.05, 0) is 47.6 Å². The van der Waals surface area contributed by atoms with Gasteiger partial charge >= 0.3 is 0 Å². The Balaban J connectivity index is 1.54. The van der Waals surface area contributed by atoms with Crippen molar-refractivity contribution in [2.75, 3.05) is 20.2 Å². The molecule has 3 N–H and O–H groups in total. The summed E-state index contributed by atoms with van der Waals surface area (Å²) in [5.41, 5.74) is 11.0. The minimum atomic E-state index is -0.185. The smallest absolute Gasteiger partial charge is 0.222 e. The number of piperidine rings is 3. The van der Waals surface area contributed by atoms with E-state index in [1.54, 1.807) is 7.11 Å². The second-order valence-corrected chi connectivity index (χ2v) is 10.9. The van der Waals surface area contributed by atoms with Crippen LogP contribution in [0.25, 0.3) is 0 Å². The van der Waals surface area contributed by atoms with Gasteiger partial charge in [-0.3, -0.25) is 9.69 Å². The molecule has 3 aromatic carbocycles. The number of methoxy groups -OCH3 is 1. The Morgan fingerprint density at radius 2 is 1.65 bits per heavy atom. The zero-order chi connectivity index (χ0) is 25.9. The second-order valence-electron chi connectivity index (χ2n) is 10.9. The molecule has 6 rings (SSSR count). The van der Waals surface area contributed by atoms with Crippen LogP contribution >= 0.6 is 0 Å². The number of fused-ring (bicyclic) bond motifs is 3. The first-order valence-electron chi connectivity index (χ1n) is 13.5. The summed E-state index contributed by atoms with van der Waals surface area (Å²) in [5, 5.41) is 3.94. The first kappa shape index (κ1) is 25.5. The predicted molar refractivity (Wildman–Crippen MR) is 149 cm³/mol. The van der Waals surface area contributed by atoms with Gasteiger partial charge < -0.3 is 15.8 Å². The molecule has 3 fully saturated rings. The summed E-state index contributed by atoms with van der Waals surface area (Å²) < 4.78 is 5.73. The predicted octanol–water partition coefficient (Wildman–Crippen LogP) is 4.91. The van der Waals surface area contributed by atoms with Crippen LogP contribution in [0.5, 0.6) is 5.75 Å². The van der Waals surface area contributed by atoms with Crippen LogP contribution in [0.3, 0.4) is 0 Å². The van der Waals surface area contributed by atoms with E-state index in [0.717, 1.165) is 30.8 Å². The lowest BCUT2D eigenvalue weighted by Gasteiger charge is -2.56. The molecule has 37 heavy (non-hydrogen) atoms. The number of nitrogens with one attached hydrogen (secondary N) is 1. The van der Waals surface area contributed by atoms with E-state index >= 15 is 0 Å². The average molecular weight is 498 g/mol. The van der Waals surface area contributed by atoms with Crippen LogP contribution in [0, 0.1) is 11.8 Å². The molecule has 0 spiro atoms. The van der Waals surface area contributed by atoms with Gasteiger partial charge in [0.25, 0.3) is 0 Å². The molecular weight excluding hydrogens is 458 g/mol. The highest BCUT2D eigenvalue weighted by atomic mass is 16.5. The second kappa shape index (κ2) is 11.1. The van der Waals surface area contributed by atoms with Gasteiger partial charge in [-0.15, -0.1) is 0 Å². The maximum Gasteiger partial charge on any atom is 0.222 e. The third-order valence-electron chi connectivity index (χ3n) is 8.47. The zero-order valence-electron chi connectivity index (χ0n) is 22.1. The third-order valence-corrected chi connectivity index (χ3v) is 8.47. The number of amides is 1. The number of carbonyl (C=O) groups excluding carboxylic acids is 1. The minimum Gasteiger partial charge on any atom is -0.496 e. The van der Waals surface area contributed by atoms with E-state index in [4.69, 9.17) is 10.5 Å². The first-order chi connectivity index (χ1) is 18.0. The van der Waals surface area contributed by atoms with Crippen LogP contribution in [0.4, 0.5) is 0 Å². The van der Waals surface area contributed by atoms with Crippen LogP contribution in [0.1, 0.15) is 54.4 Å². The molecule has 3 saturated heterocycles. The maximum atomic E-state index is 12.5. The first-order valence-corrected chi connectivity index (χ1v) is 13.5. The lowest BCUT2D eigenvalue weighted by Crippen LogP contribution is -2.68. The van der Waals surface area contributed by atoms with E-state index in [0.29, 0.717) is 12.5 Å². The van der Waals surface area contributed by atoms with Gasteiger partial charge in [0.1, 0.15) is 5.75 Å². The molecular formula is C32H39N3O2. The van der Waals surface area contributed by atoms with Crippen LogP contribution in [0.15, 0.2) is 78.9 Å². The summed E-state index contributed by atoms with van der Waals surface area (Å²) in [6.07, 6.45) is 0.973. The Morgan fingerprint density at radius 1 is 1.00 bits per heavy atom. The molecule has 5 nitrogen and oxygen atoms in total. The van der Waals surface area contributed by atoms with Crippen molar-refractivity contribution in [1.29, 1.82) is 0 Å². The number of carbonyl (C=O) groups is 1. The highest BCUT2D eigenvalue weighted by Gasteiger charge is 2.51. The van der Waals surface area contributed by atoms with E-state index < -0.39 is 0 Å². The topological polar surface area (TPSA) is 67.6 Å². The highest BCUT2D eigenvalue weighted by molar-refractivity contribution is 5.77. The summed E-state index contributed by atoms with van der Waals surface area (Å²) in [6.45, 7) is 6.82. The SMILES string of the molecule is COc1ccc(C(C)C)cc1CN[C@@H]1[C@@H]2CCN(C[C@H]2C(N)=O)[C@@H]1C(c1ccccc1)c1ccccc1. The van der Waals surface area contributed by atoms with E-state index in [2.05, 4.69) is 103 Å². The highest BCUT2D eigenvalue weighted by Crippen LogP contribution is 2.44.